The largest absolute Gasteiger partial charge is 0.339 e. The van der Waals surface area contributed by atoms with Gasteiger partial charge in [0.15, 0.2) is 0 Å². The highest BCUT2D eigenvalue weighted by Gasteiger charge is 2.47. The van der Waals surface area contributed by atoms with Crippen LogP contribution >= 0.6 is 0 Å². The van der Waals surface area contributed by atoms with Gasteiger partial charge in [-0.15, -0.1) is 0 Å². The summed E-state index contributed by atoms with van der Waals surface area (Å²) in [6.45, 7) is 0.428. The lowest BCUT2D eigenvalue weighted by Crippen LogP contribution is -2.32. The van der Waals surface area contributed by atoms with Gasteiger partial charge in [0.25, 0.3) is 0 Å². The van der Waals surface area contributed by atoms with Crippen LogP contribution in [0.4, 0.5) is 0 Å². The van der Waals surface area contributed by atoms with Gasteiger partial charge in [0, 0.05) is 30.9 Å². The first-order chi connectivity index (χ1) is 12.2. The highest BCUT2D eigenvalue weighted by Crippen LogP contribution is 2.38. The molecule has 0 spiro atoms. The van der Waals surface area contributed by atoms with Crippen LogP contribution in [0.25, 0.3) is 11.4 Å². The first-order valence-electron chi connectivity index (χ1n) is 8.82. The Morgan fingerprint density at radius 3 is 2.44 bits per heavy atom. The Hall–Kier alpha value is -2.57. The summed E-state index contributed by atoms with van der Waals surface area (Å²) in [6.07, 6.45) is 8.33. The van der Waals surface area contributed by atoms with Gasteiger partial charge >= 0.3 is 0 Å². The fraction of sp³-hybridized carbons (Fsp3) is 0.500. The highest BCUT2D eigenvalue weighted by molar-refractivity contribution is 6.05. The summed E-state index contributed by atoms with van der Waals surface area (Å²) >= 11 is 0. The van der Waals surface area contributed by atoms with Gasteiger partial charge in [0.2, 0.25) is 23.5 Å². The number of amides is 2. The number of aryl methyl sites for hydroxylation is 1. The van der Waals surface area contributed by atoms with Gasteiger partial charge in [-0.25, -0.2) is 0 Å². The first kappa shape index (κ1) is 15.9. The molecule has 25 heavy (non-hydrogen) atoms. The molecule has 1 aliphatic heterocycles. The van der Waals surface area contributed by atoms with E-state index < -0.39 is 0 Å². The Kier molecular flexibility index (Phi) is 4.29. The monoisotopic (exact) mass is 340 g/mol. The van der Waals surface area contributed by atoms with E-state index in [2.05, 4.69) is 15.1 Å². The number of carbonyl (C=O) groups excluding carboxylic acids is 2. The predicted molar refractivity (Wildman–Crippen MR) is 88.0 cm³/mol. The molecule has 2 aliphatic rings. The van der Waals surface area contributed by atoms with Crippen molar-refractivity contribution in [2.45, 2.75) is 38.5 Å². The molecule has 3 heterocycles. The van der Waals surface area contributed by atoms with Crippen molar-refractivity contribution in [3.8, 4) is 11.4 Å². The van der Waals surface area contributed by atoms with Crippen molar-refractivity contribution in [1.82, 2.24) is 20.0 Å². The zero-order chi connectivity index (χ0) is 17.2. The number of carbonyl (C=O) groups is 2. The Labute approximate surface area is 145 Å². The molecule has 0 aromatic carbocycles. The summed E-state index contributed by atoms with van der Waals surface area (Å²) in [5.74, 6) is 0.904. The fourth-order valence-corrected chi connectivity index (χ4v) is 3.81. The number of hydrogen-bond acceptors (Lipinski definition) is 6. The van der Waals surface area contributed by atoms with Gasteiger partial charge in [-0.2, -0.15) is 4.98 Å². The number of likely N-dealkylation sites (tertiary alicyclic amines) is 1. The van der Waals surface area contributed by atoms with Crippen LogP contribution in [0.3, 0.4) is 0 Å². The maximum absolute atomic E-state index is 12.4. The fourth-order valence-electron chi connectivity index (χ4n) is 3.81. The number of rotatable bonds is 5. The molecule has 0 radical (unpaired) electrons. The average Bonchev–Trinajstić information content (AvgIpc) is 3.22. The maximum atomic E-state index is 12.4. The molecule has 1 aliphatic carbocycles. The van der Waals surface area contributed by atoms with Gasteiger partial charge < -0.3 is 4.52 Å². The second-order valence-corrected chi connectivity index (χ2v) is 6.68. The molecule has 2 aromatic heterocycles. The third kappa shape index (κ3) is 3.06. The van der Waals surface area contributed by atoms with Gasteiger partial charge in [-0.3, -0.25) is 19.5 Å². The minimum Gasteiger partial charge on any atom is -0.339 e. The normalized spacial score (nSPS) is 23.1. The van der Waals surface area contributed by atoms with Crippen LogP contribution in [0.1, 0.15) is 38.0 Å². The Bertz CT molecular complexity index is 750. The van der Waals surface area contributed by atoms with Crippen molar-refractivity contribution in [3.05, 3.63) is 30.4 Å². The van der Waals surface area contributed by atoms with Crippen LogP contribution in [-0.4, -0.2) is 38.4 Å². The molecule has 2 unspecified atom stereocenters. The lowest BCUT2D eigenvalue weighted by Gasteiger charge is -2.19. The number of nitrogens with zero attached hydrogens (tertiary/aromatic N) is 4. The summed E-state index contributed by atoms with van der Waals surface area (Å²) in [5.41, 5.74) is 0.846. The van der Waals surface area contributed by atoms with Crippen molar-refractivity contribution in [2.24, 2.45) is 11.8 Å². The van der Waals surface area contributed by atoms with E-state index in [1.54, 1.807) is 12.4 Å². The van der Waals surface area contributed by atoms with E-state index in [9.17, 15) is 9.59 Å². The molecule has 0 N–H and O–H groups in total. The second-order valence-electron chi connectivity index (χ2n) is 6.68. The van der Waals surface area contributed by atoms with Crippen molar-refractivity contribution in [1.29, 1.82) is 0 Å². The molecule has 7 heteroatoms. The van der Waals surface area contributed by atoms with Crippen LogP contribution < -0.4 is 0 Å². The Morgan fingerprint density at radius 1 is 1.08 bits per heavy atom. The predicted octanol–water partition coefficient (Wildman–Crippen LogP) is 2.24. The van der Waals surface area contributed by atoms with Crippen molar-refractivity contribution >= 4 is 11.8 Å². The molecule has 1 saturated carbocycles. The summed E-state index contributed by atoms with van der Waals surface area (Å²) < 4.78 is 5.26. The first-order valence-corrected chi connectivity index (χ1v) is 8.82. The number of fused-ring (bicyclic) bond motifs is 1. The zero-order valence-electron chi connectivity index (χ0n) is 13.9. The van der Waals surface area contributed by atoms with Crippen LogP contribution in [-0.2, 0) is 16.0 Å². The van der Waals surface area contributed by atoms with Crippen molar-refractivity contribution in [3.63, 3.8) is 0 Å². The summed E-state index contributed by atoms with van der Waals surface area (Å²) in [7, 11) is 0. The second kappa shape index (κ2) is 6.74. The molecule has 0 bridgehead atoms. The SMILES string of the molecule is O=C1C2CCCCC2C(=O)N1CCCc1nc(-c2ccncc2)no1. The Balaban J connectivity index is 1.34. The van der Waals surface area contributed by atoms with E-state index in [1.165, 1.54) is 4.90 Å². The number of aromatic nitrogens is 3. The molecule has 2 fully saturated rings. The van der Waals surface area contributed by atoms with E-state index in [0.717, 1.165) is 31.2 Å². The zero-order valence-corrected chi connectivity index (χ0v) is 13.9. The molecule has 130 valence electrons. The smallest absolute Gasteiger partial charge is 0.233 e. The molecule has 7 nitrogen and oxygen atoms in total. The molecule has 2 aromatic rings. The highest BCUT2D eigenvalue weighted by atomic mass is 16.5. The molecule has 2 amide bonds. The van der Waals surface area contributed by atoms with Gasteiger partial charge in [0.05, 0.1) is 11.8 Å². The number of imide groups is 1. The van der Waals surface area contributed by atoms with Gasteiger partial charge in [-0.1, -0.05) is 18.0 Å². The molecule has 2 atom stereocenters. The molecule has 1 saturated heterocycles. The molecular weight excluding hydrogens is 320 g/mol. The molecule has 4 rings (SSSR count). The number of pyridine rings is 1. The van der Waals surface area contributed by atoms with Gasteiger partial charge in [0.1, 0.15) is 0 Å². The minimum absolute atomic E-state index is 0.0118. The van der Waals surface area contributed by atoms with E-state index in [1.807, 2.05) is 12.1 Å². The maximum Gasteiger partial charge on any atom is 0.233 e. The summed E-state index contributed by atoms with van der Waals surface area (Å²) in [5, 5.41) is 3.96. The third-order valence-corrected chi connectivity index (χ3v) is 5.11. The minimum atomic E-state index is -0.0806. The van der Waals surface area contributed by atoms with Gasteiger partial charge in [-0.05, 0) is 31.4 Å². The summed E-state index contributed by atoms with van der Waals surface area (Å²) in [6, 6.07) is 3.63. The average molecular weight is 340 g/mol. The van der Waals surface area contributed by atoms with E-state index in [0.29, 0.717) is 31.1 Å². The topological polar surface area (TPSA) is 89.2 Å². The quantitative estimate of drug-likeness (QED) is 0.776. The van der Waals surface area contributed by atoms with Crippen molar-refractivity contribution in [2.75, 3.05) is 6.54 Å². The van der Waals surface area contributed by atoms with E-state index in [-0.39, 0.29) is 23.7 Å². The third-order valence-electron chi connectivity index (χ3n) is 5.11. The van der Waals surface area contributed by atoms with E-state index >= 15 is 0 Å². The van der Waals surface area contributed by atoms with Crippen LogP contribution in [0.5, 0.6) is 0 Å². The number of hydrogen-bond donors (Lipinski definition) is 0. The van der Waals surface area contributed by atoms with Crippen LogP contribution in [0.15, 0.2) is 29.0 Å². The Morgan fingerprint density at radius 2 is 1.76 bits per heavy atom. The summed E-state index contributed by atoms with van der Waals surface area (Å²) in [4.78, 5) is 34.6. The lowest BCUT2D eigenvalue weighted by atomic mass is 9.81. The van der Waals surface area contributed by atoms with Crippen molar-refractivity contribution < 1.29 is 14.1 Å². The van der Waals surface area contributed by atoms with Crippen LogP contribution in [0.2, 0.25) is 0 Å². The van der Waals surface area contributed by atoms with E-state index in [4.69, 9.17) is 4.52 Å². The van der Waals surface area contributed by atoms with Crippen LogP contribution in [0, 0.1) is 11.8 Å². The molecular formula is C18H20N4O3. The standard InChI is InChI=1S/C18H20N4O3/c23-17-13-4-1-2-5-14(13)18(24)22(17)11-3-6-15-20-16(21-25-15)12-7-9-19-10-8-12/h7-10,13-14H,1-6,11H2. The lowest BCUT2D eigenvalue weighted by molar-refractivity contribution is -0.139.